The molecule has 4 heteroatoms. The fourth-order valence-corrected chi connectivity index (χ4v) is 3.16. The van der Waals surface area contributed by atoms with Crippen LogP contribution in [0, 0.1) is 0 Å². The smallest absolute Gasteiger partial charge is 0.266 e. The first-order valence-electron chi connectivity index (χ1n) is 6.71. The van der Waals surface area contributed by atoms with E-state index in [9.17, 15) is 4.79 Å². The molecule has 1 amide bonds. The number of carbonyl (C=O) groups is 1. The van der Waals surface area contributed by atoms with Crippen LogP contribution in [0.1, 0.15) is 15.2 Å². The van der Waals surface area contributed by atoms with Crippen LogP contribution >= 0.6 is 11.3 Å². The molecule has 0 aliphatic rings. The number of rotatable bonds is 3. The number of anilines is 1. The van der Waals surface area contributed by atoms with Crippen LogP contribution < -0.4 is 5.73 Å². The zero-order chi connectivity index (χ0) is 14.8. The van der Waals surface area contributed by atoms with E-state index in [0.29, 0.717) is 17.1 Å². The molecule has 0 bridgehead atoms. The Bertz CT molecular complexity index is 794. The molecular weight excluding hydrogens is 280 g/mol. The standard InChI is InChI=1S/C17H16N2OS/c1-19(17(20)16-15(18)8-9-21-16)11-12-6-7-13-4-2-3-5-14(13)10-12/h2-10H,11,18H2,1H3. The van der Waals surface area contributed by atoms with Gasteiger partial charge in [0.1, 0.15) is 4.88 Å². The predicted octanol–water partition coefficient (Wildman–Crippen LogP) is 3.76. The largest absolute Gasteiger partial charge is 0.397 e. The Kier molecular flexibility index (Phi) is 3.62. The van der Waals surface area contributed by atoms with Crippen LogP contribution in [0.4, 0.5) is 5.69 Å². The van der Waals surface area contributed by atoms with Gasteiger partial charge < -0.3 is 10.6 Å². The third-order valence-corrected chi connectivity index (χ3v) is 4.39. The van der Waals surface area contributed by atoms with E-state index < -0.39 is 0 Å². The van der Waals surface area contributed by atoms with Gasteiger partial charge in [-0.2, -0.15) is 0 Å². The minimum absolute atomic E-state index is 0.0318. The summed E-state index contributed by atoms with van der Waals surface area (Å²) in [7, 11) is 1.80. The molecule has 3 nitrogen and oxygen atoms in total. The summed E-state index contributed by atoms with van der Waals surface area (Å²) >= 11 is 1.38. The summed E-state index contributed by atoms with van der Waals surface area (Å²) in [6.45, 7) is 0.570. The maximum Gasteiger partial charge on any atom is 0.266 e. The molecule has 0 fully saturated rings. The van der Waals surface area contributed by atoms with Crippen LogP contribution in [0.2, 0.25) is 0 Å². The third-order valence-electron chi connectivity index (χ3n) is 3.47. The van der Waals surface area contributed by atoms with Gasteiger partial charge in [-0.3, -0.25) is 4.79 Å². The van der Waals surface area contributed by atoms with E-state index in [1.807, 2.05) is 17.5 Å². The van der Waals surface area contributed by atoms with E-state index in [2.05, 4.69) is 30.3 Å². The van der Waals surface area contributed by atoms with Gasteiger partial charge in [-0.1, -0.05) is 36.4 Å². The van der Waals surface area contributed by atoms with Crippen molar-refractivity contribution >= 4 is 33.7 Å². The summed E-state index contributed by atoms with van der Waals surface area (Å²) in [5.41, 5.74) is 7.47. The van der Waals surface area contributed by atoms with Gasteiger partial charge in [0, 0.05) is 13.6 Å². The van der Waals surface area contributed by atoms with Crippen molar-refractivity contribution in [2.24, 2.45) is 0 Å². The highest BCUT2D eigenvalue weighted by Crippen LogP contribution is 2.22. The van der Waals surface area contributed by atoms with Crippen LogP contribution in [0.15, 0.2) is 53.9 Å². The molecular formula is C17H16N2OS. The third kappa shape index (κ3) is 2.76. The van der Waals surface area contributed by atoms with E-state index in [0.717, 1.165) is 5.56 Å². The summed E-state index contributed by atoms with van der Waals surface area (Å²) in [4.78, 5) is 14.7. The lowest BCUT2D eigenvalue weighted by molar-refractivity contribution is 0.0791. The Labute approximate surface area is 127 Å². The van der Waals surface area contributed by atoms with Gasteiger partial charge in [-0.15, -0.1) is 11.3 Å². The van der Waals surface area contributed by atoms with Crippen LogP contribution in [0.5, 0.6) is 0 Å². The SMILES string of the molecule is CN(Cc1ccc2ccccc2c1)C(=O)c1sccc1N. The van der Waals surface area contributed by atoms with Gasteiger partial charge in [0.2, 0.25) is 0 Å². The molecule has 2 N–H and O–H groups in total. The molecule has 1 aromatic heterocycles. The number of hydrogen-bond acceptors (Lipinski definition) is 3. The number of thiophene rings is 1. The fourth-order valence-electron chi connectivity index (χ4n) is 2.35. The number of nitrogen functional groups attached to an aromatic ring is 1. The summed E-state index contributed by atoms with van der Waals surface area (Å²) < 4.78 is 0. The average molecular weight is 296 g/mol. The summed E-state index contributed by atoms with van der Waals surface area (Å²) in [5.74, 6) is -0.0318. The van der Waals surface area contributed by atoms with Crippen LogP contribution in [0.3, 0.4) is 0 Å². The van der Waals surface area contributed by atoms with E-state index >= 15 is 0 Å². The molecule has 0 spiro atoms. The Morgan fingerprint density at radius 3 is 2.62 bits per heavy atom. The van der Waals surface area contributed by atoms with Crippen molar-refractivity contribution < 1.29 is 4.79 Å². The van der Waals surface area contributed by atoms with Gasteiger partial charge in [-0.25, -0.2) is 0 Å². The van der Waals surface area contributed by atoms with Crippen molar-refractivity contribution in [3.8, 4) is 0 Å². The molecule has 3 aromatic rings. The second-order valence-corrected chi connectivity index (χ2v) is 5.96. The van der Waals surface area contributed by atoms with E-state index in [1.165, 1.54) is 22.1 Å². The summed E-state index contributed by atoms with van der Waals surface area (Å²) in [6.07, 6.45) is 0. The number of fused-ring (bicyclic) bond motifs is 1. The Morgan fingerprint density at radius 1 is 1.14 bits per heavy atom. The number of hydrogen-bond donors (Lipinski definition) is 1. The van der Waals surface area contributed by atoms with Crippen molar-refractivity contribution in [1.29, 1.82) is 0 Å². The number of nitrogens with zero attached hydrogens (tertiary/aromatic N) is 1. The van der Waals surface area contributed by atoms with Gasteiger partial charge in [0.15, 0.2) is 0 Å². The maximum atomic E-state index is 12.4. The first kappa shape index (κ1) is 13.6. The first-order chi connectivity index (χ1) is 10.1. The van der Waals surface area contributed by atoms with Crippen LogP contribution in [-0.4, -0.2) is 17.9 Å². The van der Waals surface area contributed by atoms with Crippen molar-refractivity contribution in [3.05, 3.63) is 64.4 Å². The molecule has 1 heterocycles. The van der Waals surface area contributed by atoms with Crippen molar-refractivity contribution in [2.45, 2.75) is 6.54 Å². The second kappa shape index (κ2) is 5.58. The summed E-state index contributed by atoms with van der Waals surface area (Å²) in [5, 5.41) is 4.23. The lowest BCUT2D eigenvalue weighted by Crippen LogP contribution is -2.26. The van der Waals surface area contributed by atoms with Crippen LogP contribution in [-0.2, 0) is 6.54 Å². The molecule has 106 valence electrons. The summed E-state index contributed by atoms with van der Waals surface area (Å²) in [6, 6.07) is 16.2. The number of benzene rings is 2. The zero-order valence-corrected chi connectivity index (χ0v) is 12.6. The monoisotopic (exact) mass is 296 g/mol. The normalized spacial score (nSPS) is 10.7. The highest BCUT2D eigenvalue weighted by molar-refractivity contribution is 7.12. The first-order valence-corrected chi connectivity index (χ1v) is 7.59. The molecule has 0 aliphatic carbocycles. The van der Waals surface area contributed by atoms with Gasteiger partial charge >= 0.3 is 0 Å². The highest BCUT2D eigenvalue weighted by atomic mass is 32.1. The maximum absolute atomic E-state index is 12.4. The van der Waals surface area contributed by atoms with Gasteiger partial charge in [-0.05, 0) is 33.8 Å². The molecule has 0 saturated heterocycles. The lowest BCUT2D eigenvalue weighted by Gasteiger charge is -2.17. The Hall–Kier alpha value is -2.33. The van der Waals surface area contributed by atoms with E-state index in [4.69, 9.17) is 5.73 Å². The number of nitrogens with two attached hydrogens (primary N) is 1. The fraction of sp³-hybridized carbons (Fsp3) is 0.118. The van der Waals surface area contributed by atoms with Gasteiger partial charge in [0.25, 0.3) is 5.91 Å². The Morgan fingerprint density at radius 2 is 1.90 bits per heavy atom. The predicted molar refractivity (Wildman–Crippen MR) is 88.5 cm³/mol. The molecule has 0 saturated carbocycles. The molecule has 0 unspecified atom stereocenters. The minimum atomic E-state index is -0.0318. The average Bonchev–Trinajstić information content (AvgIpc) is 2.92. The highest BCUT2D eigenvalue weighted by Gasteiger charge is 2.16. The number of carbonyl (C=O) groups excluding carboxylic acids is 1. The number of amides is 1. The molecule has 0 radical (unpaired) electrons. The second-order valence-electron chi connectivity index (χ2n) is 5.05. The molecule has 3 rings (SSSR count). The van der Waals surface area contributed by atoms with Crippen molar-refractivity contribution in [3.63, 3.8) is 0 Å². The minimum Gasteiger partial charge on any atom is -0.397 e. The Balaban J connectivity index is 1.81. The molecule has 21 heavy (non-hydrogen) atoms. The molecule has 2 aromatic carbocycles. The zero-order valence-electron chi connectivity index (χ0n) is 11.7. The van der Waals surface area contributed by atoms with E-state index in [-0.39, 0.29) is 5.91 Å². The van der Waals surface area contributed by atoms with Crippen LogP contribution in [0.25, 0.3) is 10.8 Å². The van der Waals surface area contributed by atoms with E-state index in [1.54, 1.807) is 18.0 Å². The molecule has 0 aliphatic heterocycles. The molecule has 0 atom stereocenters. The van der Waals surface area contributed by atoms with Gasteiger partial charge in [0.05, 0.1) is 5.69 Å². The topological polar surface area (TPSA) is 46.3 Å². The van der Waals surface area contributed by atoms with Crippen molar-refractivity contribution in [2.75, 3.05) is 12.8 Å². The quantitative estimate of drug-likeness (QED) is 0.800. The van der Waals surface area contributed by atoms with Crippen molar-refractivity contribution in [1.82, 2.24) is 4.90 Å². The lowest BCUT2D eigenvalue weighted by atomic mass is 10.1.